The molecule has 0 aliphatic heterocycles. The van der Waals surface area contributed by atoms with E-state index in [0.717, 1.165) is 11.6 Å². The fourth-order valence-electron chi connectivity index (χ4n) is 1.56. The van der Waals surface area contributed by atoms with Crippen LogP contribution in [-0.4, -0.2) is 12.6 Å². The maximum Gasteiger partial charge on any atom is 0.0443 e. The molecule has 0 saturated heterocycles. The quantitative estimate of drug-likeness (QED) is 0.826. The van der Waals surface area contributed by atoms with Gasteiger partial charge in [0, 0.05) is 23.0 Å². The van der Waals surface area contributed by atoms with E-state index in [2.05, 4.69) is 39.1 Å². The van der Waals surface area contributed by atoms with Crippen molar-refractivity contribution in [2.45, 2.75) is 39.2 Å². The highest BCUT2D eigenvalue weighted by atomic mass is 35.5. The van der Waals surface area contributed by atoms with Gasteiger partial charge in [0.25, 0.3) is 0 Å². The molecule has 0 aliphatic carbocycles. The van der Waals surface area contributed by atoms with Crippen molar-refractivity contribution >= 4 is 11.6 Å². The summed E-state index contributed by atoms with van der Waals surface area (Å²) >= 11 is 6.20. The molecule has 0 bridgehead atoms. The van der Waals surface area contributed by atoms with E-state index >= 15 is 0 Å². The molecule has 0 amide bonds. The number of nitrogens with one attached hydrogen (secondary N) is 1. The Morgan fingerprint density at radius 2 is 1.87 bits per heavy atom. The van der Waals surface area contributed by atoms with Crippen molar-refractivity contribution in [3.63, 3.8) is 0 Å². The van der Waals surface area contributed by atoms with Crippen LogP contribution in [0.15, 0.2) is 24.3 Å². The minimum Gasteiger partial charge on any atom is -0.314 e. The van der Waals surface area contributed by atoms with Gasteiger partial charge in [-0.1, -0.05) is 57.5 Å². The van der Waals surface area contributed by atoms with Gasteiger partial charge in [0.05, 0.1) is 0 Å². The molecule has 0 radical (unpaired) electrons. The summed E-state index contributed by atoms with van der Waals surface area (Å²) in [5, 5.41) is 4.31. The van der Waals surface area contributed by atoms with Crippen LogP contribution in [0.2, 0.25) is 5.02 Å². The molecule has 1 N–H and O–H groups in total. The molecule has 0 spiro atoms. The SMILES string of the molecule is CC(C)NCC(C)(C)c1ccccc1Cl. The van der Waals surface area contributed by atoms with Crippen LogP contribution < -0.4 is 5.32 Å². The Labute approximate surface area is 97.8 Å². The molecule has 0 aliphatic rings. The maximum absolute atomic E-state index is 6.20. The molecule has 0 heterocycles. The van der Waals surface area contributed by atoms with Crippen molar-refractivity contribution < 1.29 is 0 Å². The second-order valence-corrected chi connectivity index (χ2v) is 5.31. The van der Waals surface area contributed by atoms with Crippen LogP contribution in [0.3, 0.4) is 0 Å². The minimum atomic E-state index is 0.0720. The summed E-state index contributed by atoms with van der Waals surface area (Å²) in [4.78, 5) is 0. The maximum atomic E-state index is 6.20. The Hall–Kier alpha value is -0.530. The average molecular weight is 226 g/mol. The van der Waals surface area contributed by atoms with Gasteiger partial charge < -0.3 is 5.32 Å². The Morgan fingerprint density at radius 3 is 2.40 bits per heavy atom. The van der Waals surface area contributed by atoms with Crippen molar-refractivity contribution in [2.75, 3.05) is 6.54 Å². The van der Waals surface area contributed by atoms with Gasteiger partial charge in [0.15, 0.2) is 0 Å². The first-order valence-electron chi connectivity index (χ1n) is 5.42. The summed E-state index contributed by atoms with van der Waals surface area (Å²) in [6, 6.07) is 8.57. The normalized spacial score (nSPS) is 12.1. The zero-order valence-corrected chi connectivity index (χ0v) is 10.7. The molecule has 0 aromatic heterocycles. The number of rotatable bonds is 4. The van der Waals surface area contributed by atoms with Gasteiger partial charge in [0.1, 0.15) is 0 Å². The van der Waals surface area contributed by atoms with Crippen molar-refractivity contribution in [1.29, 1.82) is 0 Å². The van der Waals surface area contributed by atoms with Crippen LogP contribution in [0.25, 0.3) is 0 Å². The number of halogens is 1. The van der Waals surface area contributed by atoms with E-state index in [9.17, 15) is 0 Å². The first kappa shape index (κ1) is 12.5. The van der Waals surface area contributed by atoms with Crippen molar-refractivity contribution in [3.05, 3.63) is 34.9 Å². The zero-order chi connectivity index (χ0) is 11.5. The fraction of sp³-hybridized carbons (Fsp3) is 0.538. The van der Waals surface area contributed by atoms with E-state index < -0.39 is 0 Å². The topological polar surface area (TPSA) is 12.0 Å². The van der Waals surface area contributed by atoms with E-state index in [4.69, 9.17) is 11.6 Å². The lowest BCUT2D eigenvalue weighted by Crippen LogP contribution is -2.36. The standard InChI is InChI=1S/C13H20ClN/c1-10(2)15-9-13(3,4)11-7-5-6-8-12(11)14/h5-8,10,15H,9H2,1-4H3. The van der Waals surface area contributed by atoms with Gasteiger partial charge in [-0.15, -0.1) is 0 Å². The van der Waals surface area contributed by atoms with Crippen LogP contribution in [0, 0.1) is 0 Å². The third-order valence-electron chi connectivity index (χ3n) is 2.56. The Balaban J connectivity index is 2.81. The average Bonchev–Trinajstić information content (AvgIpc) is 2.15. The predicted molar refractivity (Wildman–Crippen MR) is 67.6 cm³/mol. The van der Waals surface area contributed by atoms with Crippen molar-refractivity contribution in [1.82, 2.24) is 5.32 Å². The van der Waals surface area contributed by atoms with Crippen molar-refractivity contribution in [2.24, 2.45) is 0 Å². The highest BCUT2D eigenvalue weighted by molar-refractivity contribution is 6.31. The van der Waals surface area contributed by atoms with Gasteiger partial charge >= 0.3 is 0 Å². The molecule has 1 nitrogen and oxygen atoms in total. The van der Waals surface area contributed by atoms with Crippen LogP contribution in [0.4, 0.5) is 0 Å². The number of hydrogen-bond donors (Lipinski definition) is 1. The van der Waals surface area contributed by atoms with Crippen molar-refractivity contribution in [3.8, 4) is 0 Å². The summed E-state index contributed by atoms with van der Waals surface area (Å²) in [5.41, 5.74) is 1.28. The monoisotopic (exact) mass is 225 g/mol. The van der Waals surface area contributed by atoms with E-state index in [0.29, 0.717) is 6.04 Å². The second kappa shape index (κ2) is 5.00. The van der Waals surface area contributed by atoms with Gasteiger partial charge in [0.2, 0.25) is 0 Å². The van der Waals surface area contributed by atoms with Gasteiger partial charge in [-0.3, -0.25) is 0 Å². The molecule has 0 fully saturated rings. The number of benzene rings is 1. The fourth-order valence-corrected chi connectivity index (χ4v) is 1.96. The smallest absolute Gasteiger partial charge is 0.0443 e. The molecule has 0 unspecified atom stereocenters. The molecular formula is C13H20ClN. The third kappa shape index (κ3) is 3.51. The van der Waals surface area contributed by atoms with Gasteiger partial charge in [-0.25, -0.2) is 0 Å². The minimum absolute atomic E-state index is 0.0720. The first-order valence-corrected chi connectivity index (χ1v) is 5.79. The number of hydrogen-bond acceptors (Lipinski definition) is 1. The van der Waals surface area contributed by atoms with Crippen LogP contribution in [0.5, 0.6) is 0 Å². The lowest BCUT2D eigenvalue weighted by Gasteiger charge is -2.27. The Kier molecular flexibility index (Phi) is 4.18. The van der Waals surface area contributed by atoms with Crippen LogP contribution >= 0.6 is 11.6 Å². The lowest BCUT2D eigenvalue weighted by atomic mass is 9.84. The molecule has 0 saturated carbocycles. The van der Waals surface area contributed by atoms with E-state index in [1.807, 2.05) is 18.2 Å². The summed E-state index contributed by atoms with van der Waals surface area (Å²) < 4.78 is 0. The highest BCUT2D eigenvalue weighted by Gasteiger charge is 2.22. The molecule has 1 aromatic rings. The largest absolute Gasteiger partial charge is 0.314 e. The third-order valence-corrected chi connectivity index (χ3v) is 2.88. The molecule has 84 valence electrons. The molecule has 1 rings (SSSR count). The van der Waals surface area contributed by atoms with Gasteiger partial charge in [-0.05, 0) is 11.6 Å². The Bertz CT molecular complexity index is 318. The lowest BCUT2D eigenvalue weighted by molar-refractivity contribution is 0.441. The molecular weight excluding hydrogens is 206 g/mol. The molecule has 1 aromatic carbocycles. The predicted octanol–water partition coefficient (Wildman–Crippen LogP) is 3.62. The van der Waals surface area contributed by atoms with Crippen LogP contribution in [-0.2, 0) is 5.41 Å². The van der Waals surface area contributed by atoms with Gasteiger partial charge in [-0.2, -0.15) is 0 Å². The van der Waals surface area contributed by atoms with E-state index in [-0.39, 0.29) is 5.41 Å². The Morgan fingerprint density at radius 1 is 1.27 bits per heavy atom. The summed E-state index contributed by atoms with van der Waals surface area (Å²) in [5.74, 6) is 0. The second-order valence-electron chi connectivity index (χ2n) is 4.90. The first-order chi connectivity index (χ1) is 6.93. The summed E-state index contributed by atoms with van der Waals surface area (Å²) in [7, 11) is 0. The van der Waals surface area contributed by atoms with Crippen LogP contribution in [0.1, 0.15) is 33.3 Å². The molecule has 15 heavy (non-hydrogen) atoms. The molecule has 0 atom stereocenters. The highest BCUT2D eigenvalue weighted by Crippen LogP contribution is 2.28. The summed E-state index contributed by atoms with van der Waals surface area (Å²) in [6.45, 7) is 9.67. The summed E-state index contributed by atoms with van der Waals surface area (Å²) in [6.07, 6.45) is 0. The zero-order valence-electron chi connectivity index (χ0n) is 9.97. The molecule has 2 heteroatoms. The van der Waals surface area contributed by atoms with E-state index in [1.54, 1.807) is 0 Å². The van der Waals surface area contributed by atoms with E-state index in [1.165, 1.54) is 5.56 Å².